The van der Waals surface area contributed by atoms with Crippen LogP contribution in [-0.2, 0) is 6.18 Å². The van der Waals surface area contributed by atoms with Gasteiger partial charge in [-0.15, -0.1) is 0 Å². The van der Waals surface area contributed by atoms with Crippen molar-refractivity contribution in [2.45, 2.75) is 6.18 Å². The van der Waals surface area contributed by atoms with Gasteiger partial charge in [0.1, 0.15) is 0 Å². The van der Waals surface area contributed by atoms with Crippen LogP contribution in [0.1, 0.15) is 21.5 Å². The van der Waals surface area contributed by atoms with Gasteiger partial charge in [-0.3, -0.25) is 4.79 Å². The average Bonchev–Trinajstić information content (AvgIpc) is 2.54. The molecule has 2 aromatic carbocycles. The third kappa shape index (κ3) is 4.34. The molecule has 0 aliphatic carbocycles. The van der Waals surface area contributed by atoms with Crippen molar-refractivity contribution in [3.8, 4) is 0 Å². The second-order valence-corrected chi connectivity index (χ2v) is 5.23. The zero-order chi connectivity index (χ0) is 17.7. The van der Waals surface area contributed by atoms with E-state index in [0.717, 1.165) is 18.0 Å². The highest BCUT2D eigenvalue weighted by Gasteiger charge is 2.32. The highest BCUT2D eigenvalue weighted by atomic mass is 19.4. The molecule has 0 aliphatic heterocycles. The standard InChI is InChI=1S/C17H16F3N3O/c1-23(2)14-9-7-12(8-10-14)16(24)22-21-11-13-5-3-4-6-15(13)17(18,19)20/h3-11H,1-2H3,(H,22,24). The number of hydrogen-bond donors (Lipinski definition) is 1. The van der Waals surface area contributed by atoms with Crippen LogP contribution in [0, 0.1) is 0 Å². The number of hydrazone groups is 1. The molecular formula is C17H16F3N3O. The number of halogens is 3. The molecule has 0 atom stereocenters. The summed E-state index contributed by atoms with van der Waals surface area (Å²) in [6, 6.07) is 11.8. The SMILES string of the molecule is CN(C)c1ccc(C(=O)NN=Cc2ccccc2C(F)(F)F)cc1. The van der Waals surface area contributed by atoms with Crippen molar-refractivity contribution in [3.05, 3.63) is 65.2 Å². The number of alkyl halides is 3. The molecule has 0 unspecified atom stereocenters. The van der Waals surface area contributed by atoms with Crippen molar-refractivity contribution in [2.75, 3.05) is 19.0 Å². The van der Waals surface area contributed by atoms with E-state index < -0.39 is 17.6 Å². The molecule has 126 valence electrons. The van der Waals surface area contributed by atoms with Gasteiger partial charge in [-0.05, 0) is 30.3 Å². The van der Waals surface area contributed by atoms with Gasteiger partial charge in [0.15, 0.2) is 0 Å². The van der Waals surface area contributed by atoms with Gasteiger partial charge in [0.05, 0.1) is 11.8 Å². The Bertz CT molecular complexity index is 737. The lowest BCUT2D eigenvalue weighted by atomic mass is 10.1. The summed E-state index contributed by atoms with van der Waals surface area (Å²) in [6.07, 6.45) is -3.50. The van der Waals surface area contributed by atoms with Crippen LogP contribution in [0.4, 0.5) is 18.9 Å². The van der Waals surface area contributed by atoms with Crippen LogP contribution >= 0.6 is 0 Å². The number of benzene rings is 2. The van der Waals surface area contributed by atoms with Crippen LogP contribution in [0.5, 0.6) is 0 Å². The van der Waals surface area contributed by atoms with Gasteiger partial charge >= 0.3 is 6.18 Å². The summed E-state index contributed by atoms with van der Waals surface area (Å²) in [6.45, 7) is 0. The molecule has 0 aromatic heterocycles. The lowest BCUT2D eigenvalue weighted by molar-refractivity contribution is -0.137. The van der Waals surface area contributed by atoms with Crippen LogP contribution in [0.2, 0.25) is 0 Å². The lowest BCUT2D eigenvalue weighted by Gasteiger charge is -2.12. The highest BCUT2D eigenvalue weighted by molar-refractivity contribution is 5.95. The average molecular weight is 335 g/mol. The summed E-state index contributed by atoms with van der Waals surface area (Å²) < 4.78 is 38.5. The fourth-order valence-corrected chi connectivity index (χ4v) is 2.00. The van der Waals surface area contributed by atoms with Crippen molar-refractivity contribution >= 4 is 17.8 Å². The first-order valence-corrected chi connectivity index (χ1v) is 7.06. The van der Waals surface area contributed by atoms with Gasteiger partial charge in [0.2, 0.25) is 0 Å². The first-order chi connectivity index (χ1) is 11.3. The van der Waals surface area contributed by atoms with E-state index in [1.165, 1.54) is 18.2 Å². The molecule has 0 heterocycles. The summed E-state index contributed by atoms with van der Waals surface area (Å²) in [5, 5.41) is 3.61. The van der Waals surface area contributed by atoms with E-state index in [1.54, 1.807) is 24.3 Å². The molecule has 2 aromatic rings. The number of carbonyl (C=O) groups is 1. The van der Waals surface area contributed by atoms with Gasteiger partial charge in [-0.2, -0.15) is 18.3 Å². The van der Waals surface area contributed by atoms with E-state index in [-0.39, 0.29) is 5.56 Å². The first kappa shape index (κ1) is 17.5. The third-order valence-corrected chi connectivity index (χ3v) is 3.28. The number of nitrogens with one attached hydrogen (secondary N) is 1. The predicted octanol–water partition coefficient (Wildman–Crippen LogP) is 3.54. The van der Waals surface area contributed by atoms with Crippen LogP contribution in [-0.4, -0.2) is 26.2 Å². The summed E-state index contributed by atoms with van der Waals surface area (Å²) >= 11 is 0. The normalized spacial score (nSPS) is 11.5. The number of hydrogen-bond acceptors (Lipinski definition) is 3. The zero-order valence-corrected chi connectivity index (χ0v) is 13.1. The van der Waals surface area contributed by atoms with E-state index in [4.69, 9.17) is 0 Å². The minimum Gasteiger partial charge on any atom is -0.378 e. The van der Waals surface area contributed by atoms with Crippen molar-refractivity contribution in [1.29, 1.82) is 0 Å². The van der Waals surface area contributed by atoms with Crippen molar-refractivity contribution in [1.82, 2.24) is 5.43 Å². The monoisotopic (exact) mass is 335 g/mol. The molecule has 1 amide bonds. The molecule has 24 heavy (non-hydrogen) atoms. The highest BCUT2D eigenvalue weighted by Crippen LogP contribution is 2.31. The lowest BCUT2D eigenvalue weighted by Crippen LogP contribution is -2.18. The molecule has 0 bridgehead atoms. The smallest absolute Gasteiger partial charge is 0.378 e. The molecule has 7 heteroatoms. The number of nitrogens with zero attached hydrogens (tertiary/aromatic N) is 2. The maximum atomic E-state index is 12.8. The second kappa shape index (κ2) is 7.16. The number of amides is 1. The molecular weight excluding hydrogens is 319 g/mol. The molecule has 0 saturated carbocycles. The first-order valence-electron chi connectivity index (χ1n) is 7.06. The third-order valence-electron chi connectivity index (χ3n) is 3.28. The Labute approximate surface area is 137 Å². The molecule has 0 saturated heterocycles. The van der Waals surface area contributed by atoms with Gasteiger partial charge in [0.25, 0.3) is 5.91 Å². The van der Waals surface area contributed by atoms with Gasteiger partial charge in [-0.25, -0.2) is 5.43 Å². The van der Waals surface area contributed by atoms with E-state index in [2.05, 4.69) is 10.5 Å². The Hall–Kier alpha value is -2.83. The summed E-state index contributed by atoms with van der Waals surface area (Å²) in [5.74, 6) is -0.499. The Kier molecular flexibility index (Phi) is 5.23. The van der Waals surface area contributed by atoms with E-state index in [0.29, 0.717) is 5.56 Å². The second-order valence-electron chi connectivity index (χ2n) is 5.23. The summed E-state index contributed by atoms with van der Waals surface area (Å²) in [5.41, 5.74) is 2.59. The molecule has 0 radical (unpaired) electrons. The van der Waals surface area contributed by atoms with E-state index >= 15 is 0 Å². The minimum atomic E-state index is -4.48. The molecule has 4 nitrogen and oxygen atoms in total. The van der Waals surface area contributed by atoms with E-state index in [9.17, 15) is 18.0 Å². The summed E-state index contributed by atoms with van der Waals surface area (Å²) in [7, 11) is 3.74. The van der Waals surface area contributed by atoms with Crippen molar-refractivity contribution in [2.24, 2.45) is 5.10 Å². The number of carbonyl (C=O) groups excluding carboxylic acids is 1. The van der Waals surface area contributed by atoms with Crippen molar-refractivity contribution < 1.29 is 18.0 Å². The summed E-state index contributed by atoms with van der Waals surface area (Å²) in [4.78, 5) is 13.8. The fourth-order valence-electron chi connectivity index (χ4n) is 2.00. The molecule has 1 N–H and O–H groups in total. The maximum Gasteiger partial charge on any atom is 0.417 e. The molecule has 0 fully saturated rings. The van der Waals surface area contributed by atoms with Crippen LogP contribution < -0.4 is 10.3 Å². The Morgan fingerprint density at radius 1 is 1.08 bits per heavy atom. The van der Waals surface area contributed by atoms with Gasteiger partial charge in [-0.1, -0.05) is 18.2 Å². The fraction of sp³-hybridized carbons (Fsp3) is 0.176. The zero-order valence-electron chi connectivity index (χ0n) is 13.1. The van der Waals surface area contributed by atoms with Crippen LogP contribution in [0.3, 0.4) is 0 Å². The van der Waals surface area contributed by atoms with Crippen LogP contribution in [0.25, 0.3) is 0 Å². The van der Waals surface area contributed by atoms with Gasteiger partial charge in [0, 0.05) is 30.9 Å². The Morgan fingerprint density at radius 3 is 2.29 bits per heavy atom. The van der Waals surface area contributed by atoms with E-state index in [1.807, 2.05) is 19.0 Å². The minimum absolute atomic E-state index is 0.117. The maximum absolute atomic E-state index is 12.8. The molecule has 2 rings (SSSR count). The predicted molar refractivity (Wildman–Crippen MR) is 87.3 cm³/mol. The van der Waals surface area contributed by atoms with Gasteiger partial charge < -0.3 is 4.90 Å². The topological polar surface area (TPSA) is 44.7 Å². The van der Waals surface area contributed by atoms with Crippen LogP contribution in [0.15, 0.2) is 53.6 Å². The molecule has 0 aliphatic rings. The van der Waals surface area contributed by atoms with Crippen molar-refractivity contribution in [3.63, 3.8) is 0 Å². The number of anilines is 1. The Morgan fingerprint density at radius 2 is 1.71 bits per heavy atom. The quantitative estimate of drug-likeness (QED) is 0.686. The largest absolute Gasteiger partial charge is 0.417 e. The Balaban J connectivity index is 2.08. The number of rotatable bonds is 4. The molecule has 0 spiro atoms.